The highest BCUT2D eigenvalue weighted by Gasteiger charge is 2.20. The molecule has 2 aromatic carbocycles. The van der Waals surface area contributed by atoms with E-state index in [-0.39, 0.29) is 6.04 Å². The first-order valence-electron chi connectivity index (χ1n) is 6.19. The first kappa shape index (κ1) is 15.3. The lowest BCUT2D eigenvalue weighted by atomic mass is 10.1. The number of nitrogens with two attached hydrogens (primary N) is 1. The average molecular weight is 478 g/mol. The SMILES string of the molecule is NNC(c1cc2cccc(Cl)c2o1)c1cc(I)ccc1Br. The molecule has 1 aromatic heterocycles. The second-order valence-electron chi connectivity index (χ2n) is 4.57. The number of halogens is 3. The molecule has 0 fully saturated rings. The monoisotopic (exact) mass is 476 g/mol. The van der Waals surface area contributed by atoms with Gasteiger partial charge < -0.3 is 4.42 Å². The number of fused-ring (bicyclic) bond motifs is 1. The number of hydrazine groups is 1. The number of hydrogen-bond donors (Lipinski definition) is 2. The molecule has 1 unspecified atom stereocenters. The van der Waals surface area contributed by atoms with Crippen molar-refractivity contribution >= 4 is 61.1 Å². The summed E-state index contributed by atoms with van der Waals surface area (Å²) in [7, 11) is 0. The zero-order valence-electron chi connectivity index (χ0n) is 10.7. The van der Waals surface area contributed by atoms with Gasteiger partial charge in [-0.1, -0.05) is 39.7 Å². The van der Waals surface area contributed by atoms with Crippen molar-refractivity contribution < 1.29 is 4.42 Å². The molecule has 0 aliphatic heterocycles. The van der Waals surface area contributed by atoms with Crippen LogP contribution in [0.15, 0.2) is 51.4 Å². The van der Waals surface area contributed by atoms with Gasteiger partial charge in [-0.2, -0.15) is 0 Å². The normalized spacial score (nSPS) is 12.8. The second kappa shape index (κ2) is 6.26. The highest BCUT2D eigenvalue weighted by Crippen LogP contribution is 2.34. The molecule has 0 saturated heterocycles. The predicted octanol–water partition coefficient (Wildman–Crippen LogP) is 5.01. The molecule has 0 saturated carbocycles. The Bertz CT molecular complexity index is 805. The van der Waals surface area contributed by atoms with Crippen molar-refractivity contribution in [3.05, 3.63) is 66.9 Å². The van der Waals surface area contributed by atoms with E-state index in [1.54, 1.807) is 0 Å². The van der Waals surface area contributed by atoms with Crippen LogP contribution in [-0.4, -0.2) is 0 Å². The van der Waals surface area contributed by atoms with Crippen LogP contribution in [-0.2, 0) is 0 Å². The van der Waals surface area contributed by atoms with Gasteiger partial charge in [0.05, 0.1) is 5.02 Å². The summed E-state index contributed by atoms with van der Waals surface area (Å²) in [5.74, 6) is 6.47. The Morgan fingerprint density at radius 3 is 2.76 bits per heavy atom. The van der Waals surface area contributed by atoms with E-state index in [1.165, 1.54) is 0 Å². The van der Waals surface area contributed by atoms with Gasteiger partial charge in [0.2, 0.25) is 0 Å². The summed E-state index contributed by atoms with van der Waals surface area (Å²) in [6.07, 6.45) is 0. The molecule has 0 spiro atoms. The van der Waals surface area contributed by atoms with Crippen LogP contribution in [0.1, 0.15) is 17.4 Å². The van der Waals surface area contributed by atoms with Gasteiger partial charge in [-0.25, -0.2) is 5.43 Å². The number of hydrogen-bond acceptors (Lipinski definition) is 3. The third-order valence-corrected chi connectivity index (χ3v) is 4.93. The first-order chi connectivity index (χ1) is 10.1. The minimum Gasteiger partial charge on any atom is -0.457 e. The Morgan fingerprint density at radius 2 is 2.05 bits per heavy atom. The van der Waals surface area contributed by atoms with Crippen molar-refractivity contribution in [3.8, 4) is 0 Å². The molecular formula is C15H11BrClIN2O. The summed E-state index contributed by atoms with van der Waals surface area (Å²) in [4.78, 5) is 0. The van der Waals surface area contributed by atoms with E-state index < -0.39 is 0 Å². The molecule has 21 heavy (non-hydrogen) atoms. The van der Waals surface area contributed by atoms with Crippen LogP contribution in [0.5, 0.6) is 0 Å². The Labute approximate surface area is 149 Å². The minimum atomic E-state index is -0.252. The van der Waals surface area contributed by atoms with Gasteiger partial charge in [-0.3, -0.25) is 5.84 Å². The molecule has 1 heterocycles. The van der Waals surface area contributed by atoms with Crippen LogP contribution < -0.4 is 11.3 Å². The molecule has 3 nitrogen and oxygen atoms in total. The summed E-state index contributed by atoms with van der Waals surface area (Å²) in [6.45, 7) is 0. The lowest BCUT2D eigenvalue weighted by molar-refractivity contribution is 0.476. The maximum atomic E-state index is 6.16. The van der Waals surface area contributed by atoms with Crippen molar-refractivity contribution in [3.63, 3.8) is 0 Å². The molecule has 0 radical (unpaired) electrons. The van der Waals surface area contributed by atoms with E-state index in [1.807, 2.05) is 36.4 Å². The number of benzene rings is 2. The average Bonchev–Trinajstić information content (AvgIpc) is 2.89. The Kier molecular flexibility index (Phi) is 4.56. The molecule has 0 aliphatic rings. The molecule has 3 N–H and O–H groups in total. The smallest absolute Gasteiger partial charge is 0.152 e. The van der Waals surface area contributed by atoms with E-state index in [0.717, 1.165) is 24.8 Å². The van der Waals surface area contributed by atoms with Crippen LogP contribution in [0.25, 0.3) is 11.0 Å². The molecule has 6 heteroatoms. The summed E-state index contributed by atoms with van der Waals surface area (Å²) in [5, 5.41) is 1.55. The standard InChI is InChI=1S/C15H11BrClIN2O/c16-11-5-4-9(18)7-10(11)14(20-19)13-6-8-2-1-3-12(17)15(8)21-13/h1-7,14,20H,19H2. The number of para-hydroxylation sites is 1. The van der Waals surface area contributed by atoms with Crippen molar-refractivity contribution in [1.82, 2.24) is 5.43 Å². The van der Waals surface area contributed by atoms with Gasteiger partial charge in [0.1, 0.15) is 11.8 Å². The van der Waals surface area contributed by atoms with E-state index in [9.17, 15) is 0 Å². The highest BCUT2D eigenvalue weighted by atomic mass is 127. The molecular weight excluding hydrogens is 466 g/mol. The Hall–Kier alpha value is -0.600. The van der Waals surface area contributed by atoms with E-state index in [4.69, 9.17) is 21.9 Å². The quantitative estimate of drug-likeness (QED) is 0.317. The molecule has 0 amide bonds. The summed E-state index contributed by atoms with van der Waals surface area (Å²) >= 11 is 12.0. The van der Waals surface area contributed by atoms with Crippen molar-refractivity contribution in [2.75, 3.05) is 0 Å². The van der Waals surface area contributed by atoms with Gasteiger partial charge in [0.25, 0.3) is 0 Å². The second-order valence-corrected chi connectivity index (χ2v) is 7.08. The largest absolute Gasteiger partial charge is 0.457 e. The molecule has 3 rings (SSSR count). The first-order valence-corrected chi connectivity index (χ1v) is 8.44. The summed E-state index contributed by atoms with van der Waals surface area (Å²) in [5.41, 5.74) is 4.50. The van der Waals surface area contributed by atoms with Crippen LogP contribution in [0, 0.1) is 3.57 Å². The summed E-state index contributed by atoms with van der Waals surface area (Å²) < 4.78 is 8.00. The van der Waals surface area contributed by atoms with Crippen molar-refractivity contribution in [2.24, 2.45) is 5.84 Å². The Balaban J connectivity index is 2.13. The van der Waals surface area contributed by atoms with Crippen LogP contribution in [0.2, 0.25) is 5.02 Å². The Morgan fingerprint density at radius 1 is 1.24 bits per heavy atom. The van der Waals surface area contributed by atoms with E-state index in [2.05, 4.69) is 50.0 Å². The third-order valence-electron chi connectivity index (χ3n) is 3.24. The van der Waals surface area contributed by atoms with Gasteiger partial charge in [0.15, 0.2) is 5.58 Å². The highest BCUT2D eigenvalue weighted by molar-refractivity contribution is 14.1. The van der Waals surface area contributed by atoms with Crippen molar-refractivity contribution in [2.45, 2.75) is 6.04 Å². The van der Waals surface area contributed by atoms with E-state index in [0.29, 0.717) is 10.6 Å². The maximum Gasteiger partial charge on any atom is 0.152 e. The molecule has 0 aliphatic carbocycles. The maximum absolute atomic E-state index is 6.16. The van der Waals surface area contributed by atoms with Crippen LogP contribution >= 0.6 is 50.1 Å². The van der Waals surface area contributed by atoms with Gasteiger partial charge in [0, 0.05) is 13.4 Å². The lowest BCUT2D eigenvalue weighted by Gasteiger charge is -2.15. The van der Waals surface area contributed by atoms with Crippen LogP contribution in [0.3, 0.4) is 0 Å². The zero-order chi connectivity index (χ0) is 15.0. The zero-order valence-corrected chi connectivity index (χ0v) is 15.2. The van der Waals surface area contributed by atoms with Gasteiger partial charge >= 0.3 is 0 Å². The molecule has 1 atom stereocenters. The third kappa shape index (κ3) is 2.98. The predicted molar refractivity (Wildman–Crippen MR) is 97.2 cm³/mol. The van der Waals surface area contributed by atoms with Gasteiger partial charge in [-0.15, -0.1) is 0 Å². The van der Waals surface area contributed by atoms with Crippen LogP contribution in [0.4, 0.5) is 0 Å². The van der Waals surface area contributed by atoms with Gasteiger partial charge in [-0.05, 0) is 58.5 Å². The van der Waals surface area contributed by atoms with Crippen molar-refractivity contribution in [1.29, 1.82) is 0 Å². The fraction of sp³-hybridized carbons (Fsp3) is 0.0667. The number of nitrogens with one attached hydrogen (secondary N) is 1. The topological polar surface area (TPSA) is 51.2 Å². The van der Waals surface area contributed by atoms with E-state index >= 15 is 0 Å². The molecule has 3 aromatic rings. The lowest BCUT2D eigenvalue weighted by Crippen LogP contribution is -2.28. The fourth-order valence-electron chi connectivity index (χ4n) is 2.25. The minimum absolute atomic E-state index is 0.252. The summed E-state index contributed by atoms with van der Waals surface area (Å²) in [6, 6.07) is 13.5. The number of rotatable bonds is 3. The molecule has 0 bridgehead atoms. The molecule has 108 valence electrons. The fourth-order valence-corrected chi connectivity index (χ4v) is 3.46. The number of furan rings is 1.